The van der Waals surface area contributed by atoms with Crippen molar-refractivity contribution in [3.05, 3.63) is 358 Å². The Kier molecular flexibility index (Phi) is 22.6. The summed E-state index contributed by atoms with van der Waals surface area (Å²) >= 11 is -16.5. The van der Waals surface area contributed by atoms with Crippen LogP contribution in [0.1, 0.15) is 66.8 Å². The molecule has 12 rings (SSSR count). The maximum absolute atomic E-state index is 4.11. The van der Waals surface area contributed by atoms with E-state index in [0.29, 0.717) is 0 Å². The number of rotatable bonds is 24. The van der Waals surface area contributed by atoms with Gasteiger partial charge in [0.2, 0.25) is 0 Å². The van der Waals surface area contributed by atoms with Crippen LogP contribution in [0.2, 0.25) is 41.9 Å². The molecule has 0 radical (unpaired) electrons. The first kappa shape index (κ1) is 70.9. The zero-order valence-corrected chi connectivity index (χ0v) is 72.3. The van der Waals surface area contributed by atoms with Gasteiger partial charge in [0.1, 0.15) is 0 Å². The number of hydrogen-bond donors (Lipinski definition) is 0. The van der Waals surface area contributed by atoms with Crippen molar-refractivity contribution >= 4 is 125 Å². The molecule has 0 heterocycles. The Morgan fingerprint density at radius 2 is 0.227 bits per heavy atom. The second-order valence-electron chi connectivity index (χ2n) is 29.5. The summed E-state index contributed by atoms with van der Waals surface area (Å²) in [5.74, 6) is 0. The van der Waals surface area contributed by atoms with E-state index >= 15 is 0 Å². The molecule has 488 valence electrons. The van der Waals surface area contributed by atoms with Crippen LogP contribution >= 0.6 is 0 Å². The van der Waals surface area contributed by atoms with Crippen molar-refractivity contribution in [3.63, 3.8) is 0 Å². The van der Waals surface area contributed by atoms with E-state index in [2.05, 4.69) is 374 Å². The zero-order chi connectivity index (χ0) is 68.0. The van der Waals surface area contributed by atoms with E-state index in [-0.39, 0.29) is 0 Å². The Hall–Kier alpha value is -5.95. The van der Waals surface area contributed by atoms with Crippen LogP contribution in [0.4, 0.5) is 0 Å². The number of benzene rings is 12. The topological polar surface area (TPSA) is 0 Å². The SMILES string of the molecule is Cc1cc[c]([Sn]([CH2]C[Si](C[CH2][Sn]([c]2ccc(C)cc2)([c]2ccc(C)cc2)[c]2ccc(C)cc2)(C[CH2][Sn]([c]2ccc(C)cc2)([c]2ccc(C)cc2)[c]2ccc(C)cc2)C[CH2][Sn]([c]2ccc(C)cc2)([c]2ccc(C)cc2)[c]2ccc(C)cc2)([c]2ccc(C)cc2)[c]2ccc(C)cc2)cc1. The van der Waals surface area contributed by atoms with Gasteiger partial charge in [0.05, 0.1) is 0 Å². The van der Waals surface area contributed by atoms with Crippen LogP contribution in [0, 0.1) is 83.1 Å². The summed E-state index contributed by atoms with van der Waals surface area (Å²) in [5, 5.41) is 0. The van der Waals surface area contributed by atoms with Crippen LogP contribution in [-0.4, -0.2) is 81.6 Å². The Balaban J connectivity index is 1.20. The molecule has 12 aromatic rings. The molecule has 0 nitrogen and oxygen atoms in total. The van der Waals surface area contributed by atoms with Gasteiger partial charge in [-0.1, -0.05) is 0 Å². The van der Waals surface area contributed by atoms with Crippen LogP contribution in [-0.2, 0) is 0 Å². The van der Waals surface area contributed by atoms with Crippen molar-refractivity contribution in [1.29, 1.82) is 0 Å². The van der Waals surface area contributed by atoms with E-state index < -0.39 is 81.6 Å². The summed E-state index contributed by atoms with van der Waals surface area (Å²) in [5.41, 5.74) is 15.9. The van der Waals surface area contributed by atoms with Crippen molar-refractivity contribution in [3.8, 4) is 0 Å². The molecule has 0 atom stereocenters. The zero-order valence-electron chi connectivity index (χ0n) is 59.9. The molecule has 0 amide bonds. The van der Waals surface area contributed by atoms with E-state index in [1.807, 2.05) is 0 Å². The van der Waals surface area contributed by atoms with Gasteiger partial charge in [-0.15, -0.1) is 0 Å². The Bertz CT molecular complexity index is 3500. The minimum absolute atomic E-state index is 1.21. The molecule has 0 saturated heterocycles. The summed E-state index contributed by atoms with van der Waals surface area (Å²) in [6, 6.07) is 126. The van der Waals surface area contributed by atoms with E-state index in [1.54, 1.807) is 43.0 Å². The van der Waals surface area contributed by atoms with Crippen molar-refractivity contribution < 1.29 is 0 Å². The standard InChI is InChI=1S/C8H16Si.12C7H7.4Sn/c1-5-9(6-2,7-3)8-4;12*1-7-5-3-2-4-6-7;;;;/h1-8H2;12*3-6H,1H3;;;;. The molecule has 0 N–H and O–H groups in total. The molecule has 0 aliphatic heterocycles. The predicted octanol–water partition coefficient (Wildman–Crippen LogP) is 15.8. The first-order valence-corrected chi connectivity index (χ1v) is 63.7. The molecule has 0 aliphatic rings. The summed E-state index contributed by atoms with van der Waals surface area (Å²) in [7, 11) is -2.75. The van der Waals surface area contributed by atoms with E-state index in [4.69, 9.17) is 0 Å². The summed E-state index contributed by atoms with van der Waals surface area (Å²) in [6.07, 6.45) is 0. The van der Waals surface area contributed by atoms with Gasteiger partial charge in [-0.05, 0) is 0 Å². The second-order valence-corrected chi connectivity index (χ2v) is 80.7. The molecule has 97 heavy (non-hydrogen) atoms. The Labute approximate surface area is 600 Å². The fourth-order valence-corrected chi connectivity index (χ4v) is 99.0. The molecule has 0 unspecified atom stereocenters. The number of hydrogen-bond acceptors (Lipinski definition) is 0. The second kappa shape index (κ2) is 30.9. The molecule has 0 fully saturated rings. The molecular formula is C92H100SiSn4. The number of aryl methyl sites for hydroxylation is 12. The van der Waals surface area contributed by atoms with Crippen LogP contribution in [0.15, 0.2) is 291 Å². The van der Waals surface area contributed by atoms with Crippen LogP contribution in [0.25, 0.3) is 0 Å². The van der Waals surface area contributed by atoms with Gasteiger partial charge in [-0.3, -0.25) is 0 Å². The first-order chi connectivity index (χ1) is 46.8. The van der Waals surface area contributed by atoms with Gasteiger partial charge in [-0.2, -0.15) is 0 Å². The van der Waals surface area contributed by atoms with Crippen LogP contribution < -0.4 is 43.0 Å². The monoisotopic (exact) mass is 1710 g/mol. The maximum atomic E-state index is 2.60. The molecule has 5 heteroatoms. The molecular weight excluding hydrogens is 1610 g/mol. The van der Waals surface area contributed by atoms with Crippen molar-refractivity contribution in [2.75, 3.05) is 0 Å². The van der Waals surface area contributed by atoms with Crippen molar-refractivity contribution in [1.82, 2.24) is 0 Å². The third kappa shape index (κ3) is 15.2. The normalized spacial score (nSPS) is 12.2. The van der Waals surface area contributed by atoms with Gasteiger partial charge in [0.25, 0.3) is 0 Å². The predicted molar refractivity (Wildman–Crippen MR) is 437 cm³/mol. The third-order valence-electron chi connectivity index (χ3n) is 22.7. The van der Waals surface area contributed by atoms with E-state index in [9.17, 15) is 0 Å². The van der Waals surface area contributed by atoms with Gasteiger partial charge in [-0.25, -0.2) is 0 Å². The molecule has 0 aromatic heterocycles. The Morgan fingerprint density at radius 1 is 0.144 bits per heavy atom. The van der Waals surface area contributed by atoms with Crippen LogP contribution in [0.3, 0.4) is 0 Å². The molecule has 12 aromatic carbocycles. The summed E-state index contributed by atoms with van der Waals surface area (Å²) in [4.78, 5) is 0. The fraction of sp³-hybridized carbons (Fsp3) is 0.217. The summed E-state index contributed by atoms with van der Waals surface area (Å²) in [6.45, 7) is 27.4. The molecule has 0 saturated carbocycles. The van der Waals surface area contributed by atoms with E-state index in [0.717, 1.165) is 0 Å². The Morgan fingerprint density at radius 3 is 0.309 bits per heavy atom. The third-order valence-corrected chi connectivity index (χ3v) is 90.2. The minimum atomic E-state index is -4.11. The average molecular weight is 1710 g/mol. The van der Waals surface area contributed by atoms with Gasteiger partial charge in [0, 0.05) is 0 Å². The molecule has 0 bridgehead atoms. The first-order valence-electron chi connectivity index (χ1n) is 35.7. The summed E-state index contributed by atoms with van der Waals surface area (Å²) < 4.78 is 24.0. The van der Waals surface area contributed by atoms with Gasteiger partial charge in [0.15, 0.2) is 0 Å². The van der Waals surface area contributed by atoms with Gasteiger partial charge < -0.3 is 0 Å². The average Bonchev–Trinajstić information content (AvgIpc) is 0.762. The quantitative estimate of drug-likeness (QED) is 0.0529. The van der Waals surface area contributed by atoms with Gasteiger partial charge >= 0.3 is 607 Å². The molecule has 0 aliphatic carbocycles. The van der Waals surface area contributed by atoms with Crippen molar-refractivity contribution in [2.45, 2.75) is 125 Å². The van der Waals surface area contributed by atoms with Crippen LogP contribution in [0.5, 0.6) is 0 Å². The van der Waals surface area contributed by atoms with Crippen molar-refractivity contribution in [2.24, 2.45) is 0 Å². The van der Waals surface area contributed by atoms with E-state index in [1.165, 1.54) is 109 Å². The molecule has 0 spiro atoms. The fourth-order valence-electron chi connectivity index (χ4n) is 16.3.